The zero-order chi connectivity index (χ0) is 10.8. The summed E-state index contributed by atoms with van der Waals surface area (Å²) < 4.78 is 0. The van der Waals surface area contributed by atoms with Gasteiger partial charge >= 0.3 is 0 Å². The molecule has 0 bridgehead atoms. The van der Waals surface area contributed by atoms with Crippen molar-refractivity contribution in [2.45, 2.75) is 25.7 Å². The number of rotatable bonds is 1. The van der Waals surface area contributed by atoms with E-state index in [1.165, 1.54) is 5.56 Å². The Bertz CT molecular complexity index is 395. The van der Waals surface area contributed by atoms with Crippen LogP contribution in [0, 0.1) is 6.92 Å². The molecule has 15 heavy (non-hydrogen) atoms. The van der Waals surface area contributed by atoms with Gasteiger partial charge < -0.3 is 0 Å². The lowest BCUT2D eigenvalue weighted by Crippen LogP contribution is -2.39. The molecule has 1 saturated heterocycles. The summed E-state index contributed by atoms with van der Waals surface area (Å²) in [5.74, 6) is -0.498. The first-order valence-electron chi connectivity index (χ1n) is 5.07. The maximum atomic E-state index is 11.6. The highest BCUT2D eigenvalue weighted by Gasteiger charge is 2.27. The van der Waals surface area contributed by atoms with Crippen molar-refractivity contribution < 1.29 is 9.59 Å². The van der Waals surface area contributed by atoms with Crippen LogP contribution in [-0.4, -0.2) is 11.8 Å². The van der Waals surface area contributed by atoms with E-state index in [2.05, 4.69) is 5.32 Å². The minimum absolute atomic E-state index is 0.164. The van der Waals surface area contributed by atoms with Crippen molar-refractivity contribution in [2.75, 3.05) is 0 Å². The van der Waals surface area contributed by atoms with Crippen molar-refractivity contribution in [3.8, 4) is 0 Å². The second-order valence-corrected chi connectivity index (χ2v) is 3.91. The van der Waals surface area contributed by atoms with Crippen LogP contribution in [0.3, 0.4) is 0 Å². The maximum Gasteiger partial charge on any atom is 0.234 e. The summed E-state index contributed by atoms with van der Waals surface area (Å²) in [5, 5.41) is 2.36. The van der Waals surface area contributed by atoms with E-state index in [1.807, 2.05) is 31.2 Å². The molecule has 1 N–H and O–H groups in total. The Morgan fingerprint density at radius 3 is 2.47 bits per heavy atom. The summed E-state index contributed by atoms with van der Waals surface area (Å²) in [7, 11) is 0. The molecule has 1 heterocycles. The number of piperidine rings is 1. The van der Waals surface area contributed by atoms with E-state index >= 15 is 0 Å². The summed E-state index contributed by atoms with van der Waals surface area (Å²) >= 11 is 0. The van der Waals surface area contributed by atoms with Crippen LogP contribution in [0.1, 0.15) is 29.9 Å². The van der Waals surface area contributed by atoms with Gasteiger partial charge in [-0.1, -0.05) is 29.8 Å². The van der Waals surface area contributed by atoms with E-state index in [-0.39, 0.29) is 17.7 Å². The number of imide groups is 1. The van der Waals surface area contributed by atoms with Gasteiger partial charge in [-0.05, 0) is 18.9 Å². The Morgan fingerprint density at radius 2 is 1.87 bits per heavy atom. The summed E-state index contributed by atoms with van der Waals surface area (Å²) in [6.45, 7) is 2.01. The number of hydrogen-bond acceptors (Lipinski definition) is 2. The third-order valence-corrected chi connectivity index (χ3v) is 2.72. The molecule has 1 aromatic carbocycles. The van der Waals surface area contributed by atoms with Crippen molar-refractivity contribution in [3.63, 3.8) is 0 Å². The lowest BCUT2D eigenvalue weighted by molar-refractivity contribution is -0.134. The van der Waals surface area contributed by atoms with Crippen LogP contribution in [0.5, 0.6) is 0 Å². The van der Waals surface area contributed by atoms with Gasteiger partial charge in [0.2, 0.25) is 11.8 Å². The van der Waals surface area contributed by atoms with Gasteiger partial charge in [-0.25, -0.2) is 0 Å². The van der Waals surface area contributed by atoms with E-state index in [9.17, 15) is 9.59 Å². The third kappa shape index (κ3) is 2.06. The number of carbonyl (C=O) groups excluding carboxylic acids is 2. The topological polar surface area (TPSA) is 46.2 Å². The van der Waals surface area contributed by atoms with Crippen molar-refractivity contribution in [2.24, 2.45) is 0 Å². The number of carbonyl (C=O) groups is 2. The molecular formula is C12H13NO2. The molecule has 0 spiro atoms. The normalized spacial score (nSPS) is 21.3. The zero-order valence-corrected chi connectivity index (χ0v) is 8.62. The maximum absolute atomic E-state index is 11.6. The highest BCUT2D eigenvalue weighted by atomic mass is 16.2. The van der Waals surface area contributed by atoms with Crippen LogP contribution in [0.25, 0.3) is 0 Å². The van der Waals surface area contributed by atoms with E-state index < -0.39 is 0 Å². The number of aryl methyl sites for hydroxylation is 1. The van der Waals surface area contributed by atoms with Gasteiger partial charge in [-0.3, -0.25) is 14.9 Å². The molecule has 2 amide bonds. The molecule has 3 heteroatoms. The van der Waals surface area contributed by atoms with E-state index in [0.717, 1.165) is 5.56 Å². The van der Waals surface area contributed by atoms with Crippen LogP contribution in [0.15, 0.2) is 24.3 Å². The lowest BCUT2D eigenvalue weighted by Gasteiger charge is -2.21. The average Bonchev–Trinajstić information content (AvgIpc) is 2.20. The van der Waals surface area contributed by atoms with Crippen LogP contribution < -0.4 is 5.32 Å². The first kappa shape index (κ1) is 9.90. The smallest absolute Gasteiger partial charge is 0.234 e. The standard InChI is InChI=1S/C12H13NO2/c1-8-2-4-9(5-3-8)10-6-7-11(14)13-12(10)15/h2-5,10H,6-7H2,1H3,(H,13,14,15). The molecule has 1 atom stereocenters. The summed E-state index contributed by atoms with van der Waals surface area (Å²) in [6, 6.07) is 7.88. The summed E-state index contributed by atoms with van der Waals surface area (Å²) in [4.78, 5) is 22.5. The molecule has 0 aliphatic carbocycles. The minimum Gasteiger partial charge on any atom is -0.296 e. The van der Waals surface area contributed by atoms with Gasteiger partial charge in [-0.15, -0.1) is 0 Å². The second kappa shape index (κ2) is 3.85. The quantitative estimate of drug-likeness (QED) is 0.703. The third-order valence-electron chi connectivity index (χ3n) is 2.72. The molecule has 0 radical (unpaired) electrons. The molecule has 1 aliphatic heterocycles. The Hall–Kier alpha value is -1.64. The van der Waals surface area contributed by atoms with Crippen molar-refractivity contribution in [3.05, 3.63) is 35.4 Å². The van der Waals surface area contributed by atoms with E-state index in [0.29, 0.717) is 12.8 Å². The van der Waals surface area contributed by atoms with Crippen LogP contribution in [0.2, 0.25) is 0 Å². The highest BCUT2D eigenvalue weighted by Crippen LogP contribution is 2.24. The molecular weight excluding hydrogens is 190 g/mol. The minimum atomic E-state index is -0.171. The molecule has 3 nitrogen and oxygen atoms in total. The highest BCUT2D eigenvalue weighted by molar-refractivity contribution is 6.00. The van der Waals surface area contributed by atoms with E-state index in [1.54, 1.807) is 0 Å². The Morgan fingerprint density at radius 1 is 1.20 bits per heavy atom. The van der Waals surface area contributed by atoms with Crippen LogP contribution >= 0.6 is 0 Å². The lowest BCUT2D eigenvalue weighted by atomic mass is 9.90. The molecule has 1 aromatic rings. The number of hydrogen-bond donors (Lipinski definition) is 1. The molecule has 1 fully saturated rings. The molecule has 1 aliphatic rings. The van der Waals surface area contributed by atoms with Crippen LogP contribution in [-0.2, 0) is 9.59 Å². The Kier molecular flexibility index (Phi) is 2.54. The number of amides is 2. The molecule has 0 saturated carbocycles. The zero-order valence-electron chi connectivity index (χ0n) is 8.62. The van der Waals surface area contributed by atoms with Crippen molar-refractivity contribution >= 4 is 11.8 Å². The Labute approximate surface area is 88.5 Å². The van der Waals surface area contributed by atoms with Gasteiger partial charge in [0.15, 0.2) is 0 Å². The predicted octanol–water partition coefficient (Wildman–Crippen LogP) is 1.52. The Balaban J connectivity index is 2.20. The summed E-state index contributed by atoms with van der Waals surface area (Å²) in [6.07, 6.45) is 1.05. The fourth-order valence-corrected chi connectivity index (χ4v) is 1.81. The monoisotopic (exact) mass is 203 g/mol. The molecule has 2 rings (SSSR count). The van der Waals surface area contributed by atoms with Crippen LogP contribution in [0.4, 0.5) is 0 Å². The molecule has 1 unspecified atom stereocenters. The average molecular weight is 203 g/mol. The predicted molar refractivity (Wildman–Crippen MR) is 56.3 cm³/mol. The van der Waals surface area contributed by atoms with Crippen molar-refractivity contribution in [1.29, 1.82) is 0 Å². The fraction of sp³-hybridized carbons (Fsp3) is 0.333. The first-order valence-corrected chi connectivity index (χ1v) is 5.07. The van der Waals surface area contributed by atoms with Gasteiger partial charge in [0.05, 0.1) is 5.92 Å². The number of benzene rings is 1. The summed E-state index contributed by atoms with van der Waals surface area (Å²) in [5.41, 5.74) is 2.16. The van der Waals surface area contributed by atoms with Gasteiger partial charge in [0.25, 0.3) is 0 Å². The second-order valence-electron chi connectivity index (χ2n) is 3.91. The molecule has 78 valence electrons. The fourth-order valence-electron chi connectivity index (χ4n) is 1.81. The SMILES string of the molecule is Cc1ccc(C2CCC(=O)NC2=O)cc1. The van der Waals surface area contributed by atoms with Gasteiger partial charge in [-0.2, -0.15) is 0 Å². The first-order chi connectivity index (χ1) is 7.16. The molecule has 0 aromatic heterocycles. The van der Waals surface area contributed by atoms with Crippen molar-refractivity contribution in [1.82, 2.24) is 5.32 Å². The van der Waals surface area contributed by atoms with E-state index in [4.69, 9.17) is 0 Å². The number of nitrogens with one attached hydrogen (secondary N) is 1. The van der Waals surface area contributed by atoms with Gasteiger partial charge in [0.1, 0.15) is 0 Å². The largest absolute Gasteiger partial charge is 0.296 e. The van der Waals surface area contributed by atoms with Gasteiger partial charge in [0, 0.05) is 6.42 Å².